The van der Waals surface area contributed by atoms with E-state index >= 15 is 0 Å². The van der Waals surface area contributed by atoms with Gasteiger partial charge >= 0.3 is 0 Å². The Labute approximate surface area is 91.5 Å². The van der Waals surface area contributed by atoms with Crippen molar-refractivity contribution in [3.8, 4) is 0 Å². The number of anilines is 1. The van der Waals surface area contributed by atoms with Crippen LogP contribution in [0.15, 0.2) is 18.3 Å². The minimum absolute atomic E-state index is 0.342. The lowest BCUT2D eigenvalue weighted by molar-refractivity contribution is 0.607. The van der Waals surface area contributed by atoms with Crippen LogP contribution in [0.25, 0.3) is 10.9 Å². The number of fused-ring (bicyclic) bond motifs is 1. The number of nitrogens with zero attached hydrogens (tertiary/aromatic N) is 1. The van der Waals surface area contributed by atoms with Crippen LogP contribution >= 0.6 is 11.6 Å². The summed E-state index contributed by atoms with van der Waals surface area (Å²) in [5, 5.41) is 7.53. The number of aromatic nitrogens is 2. The van der Waals surface area contributed by atoms with Gasteiger partial charge in [0.25, 0.3) is 0 Å². The van der Waals surface area contributed by atoms with E-state index in [1.807, 2.05) is 0 Å². The molecule has 0 spiro atoms. The minimum Gasteiger partial charge on any atom is -0.282 e. The molecule has 7 heteroatoms. The van der Waals surface area contributed by atoms with E-state index in [0.29, 0.717) is 16.1 Å². The minimum atomic E-state index is -3.35. The van der Waals surface area contributed by atoms with E-state index in [1.54, 1.807) is 12.1 Å². The Kier molecular flexibility index (Phi) is 2.32. The second-order valence-corrected chi connectivity index (χ2v) is 5.28. The summed E-state index contributed by atoms with van der Waals surface area (Å²) in [4.78, 5) is 0. The van der Waals surface area contributed by atoms with Gasteiger partial charge in [-0.05, 0) is 12.1 Å². The second kappa shape index (κ2) is 3.39. The largest absolute Gasteiger partial charge is 0.282 e. The standard InChI is InChI=1S/C8H8ClN3O2S/c1-15(13,14)12-8-5-4-10-11-7(5)3-2-6(8)9/h2-4,12H,1H3,(H,10,11). The van der Waals surface area contributed by atoms with E-state index in [1.165, 1.54) is 6.20 Å². The lowest BCUT2D eigenvalue weighted by Gasteiger charge is -2.06. The number of sulfonamides is 1. The third-order valence-corrected chi connectivity index (χ3v) is 2.75. The summed E-state index contributed by atoms with van der Waals surface area (Å²) in [6.07, 6.45) is 2.59. The summed E-state index contributed by atoms with van der Waals surface area (Å²) >= 11 is 5.90. The van der Waals surface area contributed by atoms with Gasteiger partial charge < -0.3 is 0 Å². The SMILES string of the molecule is CS(=O)(=O)Nc1c(Cl)ccc2[nH]ncc12. The van der Waals surface area contributed by atoms with Gasteiger partial charge in [0.2, 0.25) is 10.0 Å². The number of hydrogen-bond donors (Lipinski definition) is 2. The average molecular weight is 246 g/mol. The molecule has 0 unspecified atom stereocenters. The fraction of sp³-hybridized carbons (Fsp3) is 0.125. The topological polar surface area (TPSA) is 74.8 Å². The summed E-state index contributed by atoms with van der Waals surface area (Å²) in [5.41, 5.74) is 1.08. The third-order valence-electron chi connectivity index (χ3n) is 1.86. The van der Waals surface area contributed by atoms with Crippen molar-refractivity contribution < 1.29 is 8.42 Å². The Bertz CT molecular complexity index is 605. The highest BCUT2D eigenvalue weighted by Crippen LogP contribution is 2.30. The Morgan fingerprint density at radius 1 is 1.47 bits per heavy atom. The van der Waals surface area contributed by atoms with E-state index < -0.39 is 10.0 Å². The summed E-state index contributed by atoms with van der Waals surface area (Å²) < 4.78 is 24.6. The number of aromatic amines is 1. The summed E-state index contributed by atoms with van der Waals surface area (Å²) in [6.45, 7) is 0. The molecule has 0 amide bonds. The van der Waals surface area contributed by atoms with E-state index in [4.69, 9.17) is 11.6 Å². The molecule has 80 valence electrons. The maximum Gasteiger partial charge on any atom is 0.229 e. The lowest BCUT2D eigenvalue weighted by Crippen LogP contribution is -2.10. The smallest absolute Gasteiger partial charge is 0.229 e. The van der Waals surface area contributed by atoms with E-state index in [-0.39, 0.29) is 0 Å². The Hall–Kier alpha value is -1.27. The molecule has 0 aliphatic carbocycles. The van der Waals surface area contributed by atoms with Gasteiger partial charge in [-0.1, -0.05) is 11.6 Å². The van der Waals surface area contributed by atoms with Gasteiger partial charge in [-0.3, -0.25) is 9.82 Å². The Morgan fingerprint density at radius 3 is 2.87 bits per heavy atom. The van der Waals surface area contributed by atoms with Crippen LogP contribution in [-0.2, 0) is 10.0 Å². The first-order valence-corrected chi connectivity index (χ1v) is 6.34. The molecule has 15 heavy (non-hydrogen) atoms. The van der Waals surface area contributed by atoms with E-state index in [9.17, 15) is 8.42 Å². The molecule has 0 bridgehead atoms. The van der Waals surface area contributed by atoms with Gasteiger partial charge in [-0.2, -0.15) is 5.10 Å². The van der Waals surface area contributed by atoms with E-state index in [0.717, 1.165) is 11.8 Å². The fourth-order valence-corrected chi connectivity index (χ4v) is 2.14. The zero-order valence-electron chi connectivity index (χ0n) is 7.78. The molecule has 0 atom stereocenters. The molecule has 0 radical (unpaired) electrons. The molecule has 2 rings (SSSR count). The molecular weight excluding hydrogens is 238 g/mol. The van der Waals surface area contributed by atoms with Crippen molar-refractivity contribution in [3.63, 3.8) is 0 Å². The fourth-order valence-electron chi connectivity index (χ4n) is 1.28. The van der Waals surface area contributed by atoms with Crippen molar-refractivity contribution in [1.29, 1.82) is 0 Å². The van der Waals surface area contributed by atoms with Crippen LogP contribution < -0.4 is 4.72 Å². The normalized spacial score (nSPS) is 11.9. The molecular formula is C8H8ClN3O2S. The van der Waals surface area contributed by atoms with Gasteiger partial charge in [-0.25, -0.2) is 8.42 Å². The predicted molar refractivity (Wildman–Crippen MR) is 59.6 cm³/mol. The molecule has 0 aliphatic heterocycles. The highest BCUT2D eigenvalue weighted by Gasteiger charge is 2.11. The van der Waals surface area contributed by atoms with Gasteiger partial charge in [-0.15, -0.1) is 0 Å². The highest BCUT2D eigenvalue weighted by molar-refractivity contribution is 7.92. The summed E-state index contributed by atoms with van der Waals surface area (Å²) in [7, 11) is -3.35. The van der Waals surface area contributed by atoms with Crippen LogP contribution in [-0.4, -0.2) is 24.9 Å². The molecule has 1 aromatic heterocycles. The molecule has 0 saturated carbocycles. The molecule has 2 aromatic rings. The first-order chi connectivity index (χ1) is 6.97. The molecule has 2 N–H and O–H groups in total. The lowest BCUT2D eigenvalue weighted by atomic mass is 10.2. The average Bonchev–Trinajstić information content (AvgIpc) is 2.56. The molecule has 1 aromatic carbocycles. The number of halogens is 1. The van der Waals surface area contributed by atoms with E-state index in [2.05, 4.69) is 14.9 Å². The monoisotopic (exact) mass is 245 g/mol. The predicted octanol–water partition coefficient (Wildman–Crippen LogP) is 1.59. The third kappa shape index (κ3) is 2.05. The molecule has 1 heterocycles. The van der Waals surface area contributed by atoms with Gasteiger partial charge in [0, 0.05) is 5.39 Å². The van der Waals surface area contributed by atoms with Crippen LogP contribution in [0.2, 0.25) is 5.02 Å². The molecule has 5 nitrogen and oxygen atoms in total. The number of hydrogen-bond acceptors (Lipinski definition) is 3. The maximum atomic E-state index is 11.1. The maximum absolute atomic E-state index is 11.1. The van der Waals surface area contributed by atoms with Gasteiger partial charge in [0.15, 0.2) is 0 Å². The Morgan fingerprint density at radius 2 is 2.20 bits per heavy atom. The van der Waals surface area contributed by atoms with Gasteiger partial charge in [0.1, 0.15) is 0 Å². The molecule has 0 aliphatic rings. The first kappa shape index (κ1) is 10.3. The van der Waals surface area contributed by atoms with Crippen molar-refractivity contribution in [2.45, 2.75) is 0 Å². The van der Waals surface area contributed by atoms with Crippen LogP contribution in [0.1, 0.15) is 0 Å². The van der Waals surface area contributed by atoms with Crippen molar-refractivity contribution in [2.75, 3.05) is 11.0 Å². The number of H-pyrrole nitrogens is 1. The zero-order valence-corrected chi connectivity index (χ0v) is 9.35. The van der Waals surface area contributed by atoms with Crippen LogP contribution in [0.5, 0.6) is 0 Å². The van der Waals surface area contributed by atoms with Crippen molar-refractivity contribution >= 4 is 38.2 Å². The quantitative estimate of drug-likeness (QED) is 0.844. The number of nitrogens with one attached hydrogen (secondary N) is 2. The molecule has 0 fully saturated rings. The van der Waals surface area contributed by atoms with Crippen LogP contribution in [0.4, 0.5) is 5.69 Å². The first-order valence-electron chi connectivity index (χ1n) is 4.07. The number of rotatable bonds is 2. The van der Waals surface area contributed by atoms with Crippen molar-refractivity contribution in [3.05, 3.63) is 23.4 Å². The highest BCUT2D eigenvalue weighted by atomic mass is 35.5. The van der Waals surface area contributed by atoms with Crippen molar-refractivity contribution in [2.24, 2.45) is 0 Å². The van der Waals surface area contributed by atoms with Crippen LogP contribution in [0, 0.1) is 0 Å². The Balaban J connectivity index is 2.67. The zero-order chi connectivity index (χ0) is 11.1. The number of benzene rings is 1. The van der Waals surface area contributed by atoms with Gasteiger partial charge in [0.05, 0.1) is 28.7 Å². The second-order valence-electron chi connectivity index (χ2n) is 3.13. The van der Waals surface area contributed by atoms with Crippen molar-refractivity contribution in [1.82, 2.24) is 10.2 Å². The summed E-state index contributed by atoms with van der Waals surface area (Å²) in [6, 6.07) is 3.34. The summed E-state index contributed by atoms with van der Waals surface area (Å²) in [5.74, 6) is 0. The van der Waals surface area contributed by atoms with Crippen LogP contribution in [0.3, 0.4) is 0 Å². The molecule has 0 saturated heterocycles.